The number of carbonyl (C=O) groups is 1. The van der Waals surface area contributed by atoms with Gasteiger partial charge >= 0.3 is 0 Å². The van der Waals surface area contributed by atoms with E-state index in [-0.39, 0.29) is 16.7 Å². The minimum atomic E-state index is -0.482. The smallest absolute Gasteiger partial charge is 0.220 e. The zero-order valence-electron chi connectivity index (χ0n) is 9.88. The summed E-state index contributed by atoms with van der Waals surface area (Å²) in [6.45, 7) is 0.504. The quantitative estimate of drug-likeness (QED) is 0.781. The van der Waals surface area contributed by atoms with Gasteiger partial charge in [-0.2, -0.15) is 0 Å². The lowest BCUT2D eigenvalue weighted by molar-refractivity contribution is -0.121. The van der Waals surface area contributed by atoms with Crippen LogP contribution in [0.3, 0.4) is 0 Å². The molecule has 1 saturated carbocycles. The van der Waals surface area contributed by atoms with Gasteiger partial charge in [0.15, 0.2) is 11.6 Å². The molecule has 2 N–H and O–H groups in total. The van der Waals surface area contributed by atoms with Crippen molar-refractivity contribution in [3.63, 3.8) is 0 Å². The number of carbonyl (C=O) groups excluding carboxylic acids is 1. The monoisotopic (exact) mass is 271 g/mol. The van der Waals surface area contributed by atoms with Crippen LogP contribution in [0.15, 0.2) is 12.3 Å². The van der Waals surface area contributed by atoms with Crippen LogP contribution in [-0.4, -0.2) is 23.5 Å². The molecule has 0 radical (unpaired) electrons. The number of amides is 1. The van der Waals surface area contributed by atoms with E-state index in [9.17, 15) is 9.18 Å². The summed E-state index contributed by atoms with van der Waals surface area (Å²) < 4.78 is 13.3. The van der Waals surface area contributed by atoms with Gasteiger partial charge in [-0.1, -0.05) is 11.6 Å². The molecule has 0 bridgehead atoms. The third-order valence-electron chi connectivity index (χ3n) is 2.62. The molecule has 2 rings (SSSR count). The van der Waals surface area contributed by atoms with Gasteiger partial charge in [0.2, 0.25) is 5.91 Å². The molecule has 1 aliphatic rings. The summed E-state index contributed by atoms with van der Waals surface area (Å²) in [6.07, 6.45) is 4.64. The third kappa shape index (κ3) is 4.14. The molecule has 1 amide bonds. The average Bonchev–Trinajstić information content (AvgIpc) is 3.10. The lowest BCUT2D eigenvalue weighted by Crippen LogP contribution is -2.25. The van der Waals surface area contributed by atoms with Gasteiger partial charge in [0.05, 0.1) is 5.02 Å². The molecule has 0 aromatic carbocycles. The van der Waals surface area contributed by atoms with Crippen molar-refractivity contribution in [1.82, 2.24) is 10.3 Å². The largest absolute Gasteiger partial charge is 0.368 e. The Hall–Kier alpha value is -1.36. The second kappa shape index (κ2) is 6.00. The number of nitrogens with zero attached hydrogens (tertiary/aromatic N) is 1. The Morgan fingerprint density at radius 2 is 2.33 bits per heavy atom. The molecule has 6 heteroatoms. The Kier molecular flexibility index (Phi) is 4.36. The first-order chi connectivity index (χ1) is 8.65. The van der Waals surface area contributed by atoms with Crippen LogP contribution in [0, 0.1) is 5.82 Å². The van der Waals surface area contributed by atoms with E-state index in [0.717, 1.165) is 12.8 Å². The minimum absolute atomic E-state index is 0.0591. The molecule has 4 nitrogen and oxygen atoms in total. The molecule has 1 aliphatic carbocycles. The van der Waals surface area contributed by atoms with E-state index < -0.39 is 5.82 Å². The summed E-state index contributed by atoms with van der Waals surface area (Å²) >= 11 is 5.59. The Morgan fingerprint density at radius 3 is 3.00 bits per heavy atom. The van der Waals surface area contributed by atoms with E-state index in [1.165, 1.54) is 12.3 Å². The number of pyridine rings is 1. The molecule has 0 unspecified atom stereocenters. The van der Waals surface area contributed by atoms with E-state index >= 15 is 0 Å². The van der Waals surface area contributed by atoms with Crippen molar-refractivity contribution in [2.24, 2.45) is 0 Å². The average molecular weight is 272 g/mol. The normalized spacial score (nSPS) is 14.3. The molecule has 98 valence electrons. The second-order valence-corrected chi connectivity index (χ2v) is 4.79. The van der Waals surface area contributed by atoms with Crippen LogP contribution in [0.4, 0.5) is 10.2 Å². The standard InChI is InChI=1S/C12H15ClFN3O/c13-8-6-10(14)12(16-7-8)15-5-1-2-11(18)17-9-3-4-9/h6-7,9H,1-5H2,(H,15,16)(H,17,18). The third-order valence-corrected chi connectivity index (χ3v) is 2.83. The van der Waals surface area contributed by atoms with Crippen LogP contribution in [0.2, 0.25) is 5.02 Å². The Bertz CT molecular complexity index is 437. The van der Waals surface area contributed by atoms with Gasteiger partial charge in [0.1, 0.15) is 0 Å². The molecule has 0 atom stereocenters. The van der Waals surface area contributed by atoms with Crippen molar-refractivity contribution < 1.29 is 9.18 Å². The van der Waals surface area contributed by atoms with E-state index in [1.807, 2.05) is 0 Å². The van der Waals surface area contributed by atoms with Crippen LogP contribution < -0.4 is 10.6 Å². The van der Waals surface area contributed by atoms with Crippen molar-refractivity contribution in [2.45, 2.75) is 31.7 Å². The summed E-state index contributed by atoms with van der Waals surface area (Å²) in [5, 5.41) is 6.00. The fraction of sp³-hybridized carbons (Fsp3) is 0.500. The zero-order valence-corrected chi connectivity index (χ0v) is 10.6. The summed E-state index contributed by atoms with van der Waals surface area (Å²) in [7, 11) is 0. The summed E-state index contributed by atoms with van der Waals surface area (Å²) in [5.74, 6) is -0.254. The van der Waals surface area contributed by atoms with Crippen molar-refractivity contribution in [3.8, 4) is 0 Å². The lowest BCUT2D eigenvalue weighted by Gasteiger charge is -2.07. The van der Waals surface area contributed by atoms with E-state index in [0.29, 0.717) is 25.4 Å². The minimum Gasteiger partial charge on any atom is -0.368 e. The number of rotatable bonds is 6. The maximum atomic E-state index is 13.3. The number of hydrogen-bond acceptors (Lipinski definition) is 3. The zero-order chi connectivity index (χ0) is 13.0. The van der Waals surface area contributed by atoms with Crippen molar-refractivity contribution in [2.75, 3.05) is 11.9 Å². The maximum Gasteiger partial charge on any atom is 0.220 e. The number of hydrogen-bond donors (Lipinski definition) is 2. The number of aromatic nitrogens is 1. The highest BCUT2D eigenvalue weighted by atomic mass is 35.5. The summed E-state index contributed by atoms with van der Waals surface area (Å²) in [6, 6.07) is 1.59. The predicted molar refractivity (Wildman–Crippen MR) is 68.1 cm³/mol. The molecule has 1 heterocycles. The molecular weight excluding hydrogens is 257 g/mol. The molecule has 1 aromatic heterocycles. The second-order valence-electron chi connectivity index (χ2n) is 4.36. The summed E-state index contributed by atoms with van der Waals surface area (Å²) in [5.41, 5.74) is 0. The maximum absolute atomic E-state index is 13.3. The van der Waals surface area contributed by atoms with Crippen molar-refractivity contribution in [1.29, 1.82) is 0 Å². The van der Waals surface area contributed by atoms with E-state index in [2.05, 4.69) is 15.6 Å². The number of nitrogens with one attached hydrogen (secondary N) is 2. The van der Waals surface area contributed by atoms with E-state index in [4.69, 9.17) is 11.6 Å². The highest BCUT2D eigenvalue weighted by Crippen LogP contribution is 2.19. The SMILES string of the molecule is O=C(CCCNc1ncc(Cl)cc1F)NC1CC1. The van der Waals surface area contributed by atoms with Gasteiger partial charge in [0, 0.05) is 25.2 Å². The Morgan fingerprint density at radius 1 is 1.56 bits per heavy atom. The van der Waals surface area contributed by atoms with Crippen molar-refractivity contribution >= 4 is 23.3 Å². The molecule has 1 aromatic rings. The van der Waals surface area contributed by atoms with Crippen LogP contribution in [0.1, 0.15) is 25.7 Å². The highest BCUT2D eigenvalue weighted by Gasteiger charge is 2.22. The van der Waals surface area contributed by atoms with Crippen LogP contribution in [0.5, 0.6) is 0 Å². The molecule has 18 heavy (non-hydrogen) atoms. The fourth-order valence-electron chi connectivity index (χ4n) is 1.53. The first-order valence-electron chi connectivity index (χ1n) is 5.99. The highest BCUT2D eigenvalue weighted by molar-refractivity contribution is 6.30. The molecule has 1 fully saturated rings. The van der Waals surface area contributed by atoms with Crippen LogP contribution in [0.25, 0.3) is 0 Å². The first-order valence-corrected chi connectivity index (χ1v) is 6.37. The first kappa shape index (κ1) is 13.1. The van der Waals surface area contributed by atoms with Gasteiger partial charge in [-0.05, 0) is 25.3 Å². The summed E-state index contributed by atoms with van der Waals surface area (Å²) in [4.78, 5) is 15.2. The Labute approximate surface area is 110 Å². The van der Waals surface area contributed by atoms with Crippen molar-refractivity contribution in [3.05, 3.63) is 23.1 Å². The van der Waals surface area contributed by atoms with Gasteiger partial charge in [-0.15, -0.1) is 0 Å². The molecule has 0 saturated heterocycles. The van der Waals surface area contributed by atoms with Crippen LogP contribution in [-0.2, 0) is 4.79 Å². The van der Waals surface area contributed by atoms with Gasteiger partial charge in [-0.25, -0.2) is 9.37 Å². The van der Waals surface area contributed by atoms with E-state index in [1.54, 1.807) is 0 Å². The van der Waals surface area contributed by atoms with Gasteiger partial charge in [0.25, 0.3) is 0 Å². The Balaban J connectivity index is 1.66. The van der Waals surface area contributed by atoms with Gasteiger partial charge < -0.3 is 10.6 Å². The predicted octanol–water partition coefficient (Wildman–Crippen LogP) is 2.34. The fourth-order valence-corrected chi connectivity index (χ4v) is 1.67. The molecule has 0 spiro atoms. The topological polar surface area (TPSA) is 54.0 Å². The number of anilines is 1. The lowest BCUT2D eigenvalue weighted by atomic mass is 10.3. The number of halogens is 2. The van der Waals surface area contributed by atoms with Crippen LogP contribution >= 0.6 is 11.6 Å². The molecular formula is C12H15ClFN3O. The molecule has 0 aliphatic heterocycles. The van der Waals surface area contributed by atoms with Gasteiger partial charge in [-0.3, -0.25) is 4.79 Å².